The molecular formula is C28H22N2O6. The first-order valence-corrected chi connectivity index (χ1v) is 11.4. The Labute approximate surface area is 206 Å². The van der Waals surface area contributed by atoms with E-state index in [0.717, 1.165) is 16.5 Å². The molecule has 2 aliphatic rings. The first kappa shape index (κ1) is 21.8. The van der Waals surface area contributed by atoms with Crippen molar-refractivity contribution in [3.8, 4) is 17.2 Å². The van der Waals surface area contributed by atoms with Crippen LogP contribution in [0.4, 0.5) is 5.69 Å². The number of hydrogen-bond acceptors (Lipinski definition) is 6. The van der Waals surface area contributed by atoms with Crippen LogP contribution in [0, 0.1) is 6.92 Å². The molecule has 1 saturated heterocycles. The first-order chi connectivity index (χ1) is 17.5. The molecule has 0 bridgehead atoms. The van der Waals surface area contributed by atoms with Crippen molar-refractivity contribution in [2.45, 2.75) is 13.0 Å². The lowest BCUT2D eigenvalue weighted by Gasteiger charge is -2.25. The van der Waals surface area contributed by atoms with Gasteiger partial charge in [-0.15, -0.1) is 0 Å². The van der Waals surface area contributed by atoms with Crippen molar-refractivity contribution in [2.24, 2.45) is 0 Å². The van der Waals surface area contributed by atoms with Gasteiger partial charge in [-0.2, -0.15) is 0 Å². The number of aromatic nitrogens is 1. The maximum absolute atomic E-state index is 13.5. The van der Waals surface area contributed by atoms with Gasteiger partial charge in [0, 0.05) is 34.4 Å². The van der Waals surface area contributed by atoms with Crippen LogP contribution in [0.1, 0.15) is 22.7 Å². The number of anilines is 1. The van der Waals surface area contributed by atoms with Crippen molar-refractivity contribution < 1.29 is 28.9 Å². The Bertz CT molecular complexity index is 1580. The number of ketones is 1. The van der Waals surface area contributed by atoms with E-state index in [9.17, 15) is 14.7 Å². The third-order valence-corrected chi connectivity index (χ3v) is 6.60. The Morgan fingerprint density at radius 1 is 1.06 bits per heavy atom. The molecule has 8 nitrogen and oxygen atoms in total. The fourth-order valence-electron chi connectivity index (χ4n) is 4.90. The highest BCUT2D eigenvalue weighted by molar-refractivity contribution is 6.52. The fraction of sp³-hybridized carbons (Fsp3) is 0.143. The second kappa shape index (κ2) is 8.20. The number of nitrogens with zero attached hydrogens (tertiary/aromatic N) is 1. The molecular weight excluding hydrogens is 460 g/mol. The number of aryl methyl sites for hydroxylation is 1. The number of amides is 1. The molecule has 2 N–H and O–H groups in total. The summed E-state index contributed by atoms with van der Waals surface area (Å²) in [7, 11) is 1.49. The minimum atomic E-state index is -0.897. The van der Waals surface area contributed by atoms with Gasteiger partial charge in [0.05, 0.1) is 24.3 Å². The number of carbonyl (C=O) groups excluding carboxylic acids is 2. The molecule has 2 aliphatic heterocycles. The van der Waals surface area contributed by atoms with Crippen molar-refractivity contribution in [2.75, 3.05) is 18.8 Å². The summed E-state index contributed by atoms with van der Waals surface area (Å²) < 4.78 is 16.4. The number of fused-ring (bicyclic) bond motifs is 2. The van der Waals surface area contributed by atoms with Gasteiger partial charge < -0.3 is 24.3 Å². The number of para-hydroxylation sites is 1. The zero-order valence-corrected chi connectivity index (χ0v) is 19.6. The van der Waals surface area contributed by atoms with Crippen LogP contribution in [-0.2, 0) is 9.59 Å². The lowest BCUT2D eigenvalue weighted by molar-refractivity contribution is -0.132. The standard InChI is InChI=1S/C28H22N2O6/c1-15-7-9-21(34-2)18(11-15)26(31)24-25(19-13-29-20-6-4-3-5-17(19)20)30(28(33)27(24)32)16-8-10-22-23(12-16)36-14-35-22/h3-13,25,29,31H,14H2,1-2H3/b26-24+. The van der Waals surface area contributed by atoms with E-state index in [1.165, 1.54) is 12.0 Å². The van der Waals surface area contributed by atoms with Crippen LogP contribution in [0.25, 0.3) is 16.7 Å². The predicted molar refractivity (Wildman–Crippen MR) is 133 cm³/mol. The number of carbonyl (C=O) groups is 2. The van der Waals surface area contributed by atoms with E-state index in [0.29, 0.717) is 34.1 Å². The molecule has 1 atom stereocenters. The number of benzene rings is 3. The van der Waals surface area contributed by atoms with E-state index >= 15 is 0 Å². The zero-order chi connectivity index (χ0) is 25.0. The Hall–Kier alpha value is -4.72. The quantitative estimate of drug-likeness (QED) is 0.245. The molecule has 36 heavy (non-hydrogen) atoms. The number of aliphatic hydroxyl groups is 1. The number of H-pyrrole nitrogens is 1. The van der Waals surface area contributed by atoms with Crippen LogP contribution in [0.2, 0.25) is 0 Å². The molecule has 1 fully saturated rings. The third kappa shape index (κ3) is 3.22. The van der Waals surface area contributed by atoms with Crippen molar-refractivity contribution in [3.05, 3.63) is 89.1 Å². The summed E-state index contributed by atoms with van der Waals surface area (Å²) in [5, 5.41) is 12.4. The van der Waals surface area contributed by atoms with Gasteiger partial charge in [-0.1, -0.05) is 29.8 Å². The number of aromatic amines is 1. The van der Waals surface area contributed by atoms with Crippen LogP contribution in [0.3, 0.4) is 0 Å². The van der Waals surface area contributed by atoms with Crippen LogP contribution in [0.15, 0.2) is 72.4 Å². The van der Waals surface area contributed by atoms with E-state index in [-0.39, 0.29) is 18.1 Å². The highest BCUT2D eigenvalue weighted by Crippen LogP contribution is 2.47. The molecule has 3 aromatic carbocycles. The molecule has 4 aromatic rings. The molecule has 0 aliphatic carbocycles. The molecule has 1 aromatic heterocycles. The molecule has 0 saturated carbocycles. The Kier molecular flexibility index (Phi) is 4.96. The summed E-state index contributed by atoms with van der Waals surface area (Å²) >= 11 is 0. The molecule has 1 unspecified atom stereocenters. The minimum Gasteiger partial charge on any atom is -0.507 e. The summed E-state index contributed by atoms with van der Waals surface area (Å²) in [6.45, 7) is 1.95. The van der Waals surface area contributed by atoms with Crippen LogP contribution < -0.4 is 19.1 Å². The maximum atomic E-state index is 13.5. The Balaban J connectivity index is 1.62. The number of hydrogen-bond donors (Lipinski definition) is 2. The molecule has 8 heteroatoms. The van der Waals surface area contributed by atoms with Crippen molar-refractivity contribution >= 4 is 34.0 Å². The highest BCUT2D eigenvalue weighted by atomic mass is 16.7. The van der Waals surface area contributed by atoms with Gasteiger partial charge in [-0.25, -0.2) is 0 Å². The summed E-state index contributed by atoms with van der Waals surface area (Å²) in [6, 6.07) is 17.1. The van der Waals surface area contributed by atoms with Crippen molar-refractivity contribution in [1.82, 2.24) is 4.98 Å². The second-order valence-corrected chi connectivity index (χ2v) is 8.70. The van der Waals surface area contributed by atoms with E-state index in [2.05, 4.69) is 4.98 Å². The fourth-order valence-corrected chi connectivity index (χ4v) is 4.90. The highest BCUT2D eigenvalue weighted by Gasteiger charge is 2.48. The summed E-state index contributed by atoms with van der Waals surface area (Å²) in [6.07, 6.45) is 1.77. The van der Waals surface area contributed by atoms with Gasteiger partial charge in [-0.05, 0) is 37.3 Å². The summed E-state index contributed by atoms with van der Waals surface area (Å²) in [5.41, 5.74) is 3.16. The molecule has 0 spiro atoms. The SMILES string of the molecule is COc1ccc(C)cc1/C(O)=C1\C(=O)C(=O)N(c2ccc3c(c2)OCO3)C1c1c[nH]c2ccccc12. The largest absolute Gasteiger partial charge is 0.507 e. The summed E-state index contributed by atoms with van der Waals surface area (Å²) in [5.74, 6) is -0.408. The van der Waals surface area contributed by atoms with Gasteiger partial charge in [0.15, 0.2) is 11.5 Å². The Morgan fingerprint density at radius 3 is 2.69 bits per heavy atom. The summed E-state index contributed by atoms with van der Waals surface area (Å²) in [4.78, 5) is 31.7. The Morgan fingerprint density at radius 2 is 1.86 bits per heavy atom. The van der Waals surface area contributed by atoms with E-state index in [1.807, 2.05) is 37.3 Å². The minimum absolute atomic E-state index is 0.0219. The van der Waals surface area contributed by atoms with E-state index < -0.39 is 17.7 Å². The van der Waals surface area contributed by atoms with Gasteiger partial charge in [0.25, 0.3) is 11.7 Å². The number of Topliss-reactive ketones (excluding diaryl/α,β-unsaturated/α-hetero) is 1. The zero-order valence-electron chi connectivity index (χ0n) is 19.6. The number of ether oxygens (including phenoxy) is 3. The lowest BCUT2D eigenvalue weighted by Crippen LogP contribution is -2.29. The van der Waals surface area contributed by atoms with Gasteiger partial charge in [-0.3, -0.25) is 14.5 Å². The third-order valence-electron chi connectivity index (χ3n) is 6.60. The predicted octanol–water partition coefficient (Wildman–Crippen LogP) is 4.84. The number of nitrogens with one attached hydrogen (secondary N) is 1. The van der Waals surface area contributed by atoms with Crippen molar-refractivity contribution in [3.63, 3.8) is 0 Å². The van der Waals surface area contributed by atoms with Gasteiger partial charge in [0.2, 0.25) is 6.79 Å². The normalized spacial score (nSPS) is 18.3. The average molecular weight is 482 g/mol. The topological polar surface area (TPSA) is 101 Å². The number of rotatable bonds is 4. The smallest absolute Gasteiger partial charge is 0.300 e. The van der Waals surface area contributed by atoms with E-state index in [1.54, 1.807) is 36.5 Å². The van der Waals surface area contributed by atoms with Crippen LogP contribution in [0.5, 0.6) is 17.2 Å². The van der Waals surface area contributed by atoms with Crippen LogP contribution in [-0.4, -0.2) is 35.7 Å². The van der Waals surface area contributed by atoms with E-state index in [4.69, 9.17) is 14.2 Å². The molecule has 0 radical (unpaired) electrons. The lowest BCUT2D eigenvalue weighted by atomic mass is 9.94. The molecule has 1 amide bonds. The first-order valence-electron chi connectivity index (χ1n) is 11.4. The molecule has 6 rings (SSSR count). The van der Waals surface area contributed by atoms with Crippen LogP contribution >= 0.6 is 0 Å². The second-order valence-electron chi connectivity index (χ2n) is 8.70. The number of aliphatic hydroxyl groups excluding tert-OH is 1. The molecule has 3 heterocycles. The average Bonchev–Trinajstić information content (AvgIpc) is 3.59. The maximum Gasteiger partial charge on any atom is 0.300 e. The van der Waals surface area contributed by atoms with Gasteiger partial charge >= 0.3 is 0 Å². The van der Waals surface area contributed by atoms with Gasteiger partial charge in [0.1, 0.15) is 11.5 Å². The molecule has 180 valence electrons. The monoisotopic (exact) mass is 482 g/mol. The number of methoxy groups -OCH3 is 1. The van der Waals surface area contributed by atoms with Crippen molar-refractivity contribution in [1.29, 1.82) is 0 Å².